The van der Waals surface area contributed by atoms with Gasteiger partial charge >= 0.3 is 0 Å². The molecule has 0 spiro atoms. The van der Waals surface area contributed by atoms with Crippen molar-refractivity contribution in [3.05, 3.63) is 155 Å². The van der Waals surface area contributed by atoms with E-state index in [-0.39, 0.29) is 41.4 Å². The predicted octanol–water partition coefficient (Wildman–Crippen LogP) is 6.63. The van der Waals surface area contributed by atoms with Gasteiger partial charge in [0.25, 0.3) is 23.7 Å². The van der Waals surface area contributed by atoms with Gasteiger partial charge in [0.2, 0.25) is 11.6 Å². The Balaban J connectivity index is 0.000000320. The van der Waals surface area contributed by atoms with Crippen molar-refractivity contribution in [2.45, 2.75) is 13.8 Å². The van der Waals surface area contributed by atoms with Gasteiger partial charge in [-0.2, -0.15) is 0 Å². The van der Waals surface area contributed by atoms with Gasteiger partial charge in [-0.1, -0.05) is 97.1 Å². The number of anilines is 2. The van der Waals surface area contributed by atoms with Crippen LogP contribution in [0.2, 0.25) is 0 Å². The van der Waals surface area contributed by atoms with Crippen LogP contribution in [0.25, 0.3) is 0 Å². The molecule has 47 heavy (non-hydrogen) atoms. The van der Waals surface area contributed by atoms with E-state index in [1.165, 1.54) is 0 Å². The average Bonchev–Trinajstić information content (AvgIpc) is 3.07. The van der Waals surface area contributed by atoms with Crippen LogP contribution in [-0.4, -0.2) is 46.8 Å². The van der Waals surface area contributed by atoms with Crippen molar-refractivity contribution in [3.8, 4) is 0 Å². The molecule has 4 aromatic carbocycles. The van der Waals surface area contributed by atoms with E-state index in [2.05, 4.69) is 10.6 Å². The SMILES string of the molecule is CCO/C(O)=C(\C(=O)Nc1ccccc1)C(=O)c1ccccc1.CCO/C(O)=C(\C(=O)Nc1ccccc1)C(=O)c1ccccc1.[Cu]. The molecule has 1 radical (unpaired) electrons. The first-order valence-electron chi connectivity index (χ1n) is 14.3. The van der Waals surface area contributed by atoms with Crippen molar-refractivity contribution < 1.29 is 55.9 Å². The molecule has 0 saturated heterocycles. The number of carbonyl (C=O) groups excluding carboxylic acids is 4. The molecule has 0 bridgehead atoms. The van der Waals surface area contributed by atoms with Crippen molar-refractivity contribution in [1.82, 2.24) is 0 Å². The second-order valence-electron chi connectivity index (χ2n) is 9.26. The normalized spacial score (nSPS) is 11.1. The van der Waals surface area contributed by atoms with Gasteiger partial charge in [-0.3, -0.25) is 19.2 Å². The van der Waals surface area contributed by atoms with E-state index in [0.717, 1.165) is 0 Å². The molecule has 10 nitrogen and oxygen atoms in total. The summed E-state index contributed by atoms with van der Waals surface area (Å²) in [5.41, 5.74) is 0.748. The van der Waals surface area contributed by atoms with Gasteiger partial charge in [0.05, 0.1) is 13.2 Å². The van der Waals surface area contributed by atoms with E-state index < -0.39 is 46.4 Å². The number of hydrogen-bond donors (Lipinski definition) is 4. The summed E-state index contributed by atoms with van der Waals surface area (Å²) in [6.07, 6.45) is 0. The number of amides is 2. The quantitative estimate of drug-likeness (QED) is 0.0324. The second-order valence-corrected chi connectivity index (χ2v) is 9.26. The second kappa shape index (κ2) is 19.7. The number of carbonyl (C=O) groups is 4. The molecule has 0 aliphatic rings. The van der Waals surface area contributed by atoms with E-state index in [4.69, 9.17) is 9.47 Å². The predicted molar refractivity (Wildman–Crippen MR) is 174 cm³/mol. The maximum atomic E-state index is 12.5. The number of Topliss-reactive ketones (excluding diaryl/α,β-unsaturated/α-hetero) is 2. The Hall–Kier alpha value is -5.64. The van der Waals surface area contributed by atoms with E-state index in [9.17, 15) is 29.4 Å². The number of ketones is 2. The standard InChI is InChI=1S/2C18H17NO4.Cu/c2*1-2-23-18(22)15(16(20)13-9-5-3-6-10-13)17(21)19-14-11-7-4-8-12-14;/h2*3-12,22H,2H2,1H3,(H,19,21);/b2*18-15-;. The molecule has 0 aliphatic heterocycles. The monoisotopic (exact) mass is 685 g/mol. The van der Waals surface area contributed by atoms with Gasteiger partial charge in [0.1, 0.15) is 0 Å². The largest absolute Gasteiger partial charge is 0.480 e. The minimum Gasteiger partial charge on any atom is -0.480 e. The van der Waals surface area contributed by atoms with Gasteiger partial charge in [-0.05, 0) is 38.1 Å². The maximum Gasteiger partial charge on any atom is 0.294 e. The molecule has 4 rings (SSSR count). The molecule has 0 atom stereocenters. The molecule has 0 aromatic heterocycles. The first kappa shape index (κ1) is 37.5. The topological polar surface area (TPSA) is 151 Å². The number of aliphatic hydroxyl groups is 2. The number of para-hydroxylation sites is 2. The molecule has 247 valence electrons. The van der Waals surface area contributed by atoms with Crippen LogP contribution >= 0.6 is 0 Å². The van der Waals surface area contributed by atoms with Crippen LogP contribution in [0.5, 0.6) is 0 Å². The molecule has 4 aromatic rings. The van der Waals surface area contributed by atoms with Crippen LogP contribution in [0.4, 0.5) is 11.4 Å². The summed E-state index contributed by atoms with van der Waals surface area (Å²) in [6, 6.07) is 33.8. The van der Waals surface area contributed by atoms with Crippen LogP contribution in [0.1, 0.15) is 34.6 Å². The molecule has 4 N–H and O–H groups in total. The molecule has 0 saturated carbocycles. The molecule has 0 unspecified atom stereocenters. The first-order chi connectivity index (χ1) is 22.3. The zero-order valence-corrected chi connectivity index (χ0v) is 26.5. The third kappa shape index (κ3) is 11.3. The Morgan fingerprint density at radius 3 is 1.06 bits per heavy atom. The van der Waals surface area contributed by atoms with Gasteiger partial charge in [-0.25, -0.2) is 0 Å². The third-order valence-corrected chi connectivity index (χ3v) is 6.03. The fraction of sp³-hybridized carbons (Fsp3) is 0.111. The van der Waals surface area contributed by atoms with Gasteiger partial charge in [0, 0.05) is 39.6 Å². The van der Waals surface area contributed by atoms with Crippen LogP contribution in [0.15, 0.2) is 144 Å². The number of nitrogens with one attached hydrogen (secondary N) is 2. The number of rotatable bonds is 12. The van der Waals surface area contributed by atoms with E-state index in [0.29, 0.717) is 11.4 Å². The summed E-state index contributed by atoms with van der Waals surface area (Å²) >= 11 is 0. The summed E-state index contributed by atoms with van der Waals surface area (Å²) in [4.78, 5) is 49.9. The molecular formula is C36H34CuN2O8. The van der Waals surface area contributed by atoms with Gasteiger partial charge < -0.3 is 30.3 Å². The minimum atomic E-state index is -0.726. The van der Waals surface area contributed by atoms with Crippen LogP contribution < -0.4 is 10.6 Å². The van der Waals surface area contributed by atoms with Crippen LogP contribution in [0.3, 0.4) is 0 Å². The fourth-order valence-electron chi connectivity index (χ4n) is 3.91. The summed E-state index contributed by atoms with van der Waals surface area (Å²) in [5, 5.41) is 25.1. The zero-order chi connectivity index (χ0) is 33.3. The van der Waals surface area contributed by atoms with Gasteiger partial charge in [0.15, 0.2) is 11.1 Å². The zero-order valence-electron chi connectivity index (χ0n) is 25.6. The molecule has 11 heteroatoms. The molecule has 0 heterocycles. The number of ether oxygens (including phenoxy) is 2. The number of benzene rings is 4. The van der Waals surface area contributed by atoms with E-state index >= 15 is 0 Å². The summed E-state index contributed by atoms with van der Waals surface area (Å²) in [7, 11) is 0. The summed E-state index contributed by atoms with van der Waals surface area (Å²) in [5.74, 6) is -4.04. The van der Waals surface area contributed by atoms with Crippen molar-refractivity contribution >= 4 is 34.8 Å². The van der Waals surface area contributed by atoms with E-state index in [1.807, 2.05) is 0 Å². The van der Waals surface area contributed by atoms with Crippen molar-refractivity contribution in [2.75, 3.05) is 23.8 Å². The molecule has 0 aliphatic carbocycles. The van der Waals surface area contributed by atoms with Crippen molar-refractivity contribution in [2.24, 2.45) is 0 Å². The fourth-order valence-corrected chi connectivity index (χ4v) is 3.91. The van der Waals surface area contributed by atoms with Crippen molar-refractivity contribution in [3.63, 3.8) is 0 Å². The maximum absolute atomic E-state index is 12.5. The summed E-state index contributed by atoms with van der Waals surface area (Å²) in [6.45, 7) is 3.57. The molecule has 2 amide bonds. The van der Waals surface area contributed by atoms with Crippen LogP contribution in [0, 0.1) is 0 Å². The Labute approximate surface area is 283 Å². The minimum absolute atomic E-state index is 0. The Bertz CT molecular complexity index is 1550. The Morgan fingerprint density at radius 1 is 0.511 bits per heavy atom. The number of aliphatic hydroxyl groups excluding tert-OH is 2. The Morgan fingerprint density at radius 2 is 0.787 bits per heavy atom. The van der Waals surface area contributed by atoms with Crippen molar-refractivity contribution in [1.29, 1.82) is 0 Å². The Kier molecular flexibility index (Phi) is 15.7. The smallest absolute Gasteiger partial charge is 0.294 e. The van der Waals surface area contributed by atoms with E-state index in [1.54, 1.807) is 135 Å². The average molecular weight is 686 g/mol. The third-order valence-electron chi connectivity index (χ3n) is 6.03. The first-order valence-corrected chi connectivity index (χ1v) is 14.3. The number of hydrogen-bond acceptors (Lipinski definition) is 8. The van der Waals surface area contributed by atoms with Crippen LogP contribution in [-0.2, 0) is 36.1 Å². The molecular weight excluding hydrogens is 652 g/mol. The molecule has 0 fully saturated rings. The van der Waals surface area contributed by atoms with Gasteiger partial charge in [-0.15, -0.1) is 0 Å². The summed E-state index contributed by atoms with van der Waals surface area (Å²) < 4.78 is 9.92.